The van der Waals surface area contributed by atoms with Crippen LogP contribution in [0.25, 0.3) is 0 Å². The maximum atomic E-state index is 12.7. The number of unbranched alkanes of at least 4 members (excludes halogenated alkanes) is 1. The van der Waals surface area contributed by atoms with Crippen molar-refractivity contribution in [1.82, 2.24) is 0 Å². The molecule has 0 unspecified atom stereocenters. The molecule has 0 saturated carbocycles. The zero-order valence-corrected chi connectivity index (χ0v) is 14.9. The quantitative estimate of drug-likeness (QED) is 0.677. The minimum absolute atomic E-state index is 0.0437. The van der Waals surface area contributed by atoms with E-state index in [1.807, 2.05) is 59.5 Å². The number of carbonyl (C=O) groups is 1. The monoisotopic (exact) mass is 339 g/mol. The molecule has 1 saturated heterocycles. The average molecular weight is 339 g/mol. The van der Waals surface area contributed by atoms with Gasteiger partial charge in [0.1, 0.15) is 5.75 Å². The van der Waals surface area contributed by atoms with Crippen molar-refractivity contribution in [2.75, 3.05) is 12.0 Å². The number of nitrogens with zero attached hydrogens (tertiary/aromatic N) is 1. The number of amides is 1. The van der Waals surface area contributed by atoms with Crippen molar-refractivity contribution in [2.45, 2.75) is 44.9 Å². The fraction of sp³-hybridized carbons (Fsp3) is 0.381. The van der Waals surface area contributed by atoms with Crippen LogP contribution in [-0.2, 0) is 16.1 Å². The molecule has 1 amide bonds. The standard InChI is InChI=1S/C21H25NO3/c1-3-4-10-19-20(25-15-16-8-6-5-7-9-16)21(23)22(19)17-11-13-18(24-2)14-12-17/h5-9,11-14,19-20H,3-4,10,15H2,1-2H3/t19-,20+/m0/s1. The number of hydrogen-bond acceptors (Lipinski definition) is 3. The van der Waals surface area contributed by atoms with Crippen molar-refractivity contribution >= 4 is 11.6 Å². The smallest absolute Gasteiger partial charge is 0.258 e. The van der Waals surface area contributed by atoms with E-state index in [0.29, 0.717) is 6.61 Å². The first-order valence-corrected chi connectivity index (χ1v) is 8.87. The second kappa shape index (κ2) is 8.17. The normalized spacial score (nSPS) is 19.6. The molecule has 1 heterocycles. The topological polar surface area (TPSA) is 38.8 Å². The highest BCUT2D eigenvalue weighted by molar-refractivity contribution is 6.04. The summed E-state index contributed by atoms with van der Waals surface area (Å²) in [6.07, 6.45) is 2.78. The third kappa shape index (κ3) is 3.85. The first-order valence-electron chi connectivity index (χ1n) is 8.87. The van der Waals surface area contributed by atoms with Crippen LogP contribution in [0.15, 0.2) is 54.6 Å². The molecule has 0 N–H and O–H groups in total. The summed E-state index contributed by atoms with van der Waals surface area (Å²) >= 11 is 0. The number of anilines is 1. The Labute approximate surface area is 149 Å². The summed E-state index contributed by atoms with van der Waals surface area (Å²) in [5.74, 6) is 0.834. The molecule has 1 fully saturated rings. The predicted molar refractivity (Wildman–Crippen MR) is 98.8 cm³/mol. The number of hydrogen-bond donors (Lipinski definition) is 0. The van der Waals surface area contributed by atoms with Crippen LogP contribution in [-0.4, -0.2) is 25.2 Å². The Kier molecular flexibility index (Phi) is 5.71. The van der Waals surface area contributed by atoms with Crippen LogP contribution in [0.5, 0.6) is 5.75 Å². The van der Waals surface area contributed by atoms with Crippen molar-refractivity contribution < 1.29 is 14.3 Å². The van der Waals surface area contributed by atoms with Gasteiger partial charge in [0.2, 0.25) is 0 Å². The lowest BCUT2D eigenvalue weighted by atomic mass is 9.91. The Morgan fingerprint density at radius 3 is 2.40 bits per heavy atom. The SMILES string of the molecule is CCCC[C@H]1[C@@H](OCc2ccccc2)C(=O)N1c1ccc(OC)cc1. The molecule has 0 aliphatic carbocycles. The molecule has 0 aromatic heterocycles. The van der Waals surface area contributed by atoms with Gasteiger partial charge in [-0.1, -0.05) is 50.1 Å². The van der Waals surface area contributed by atoms with E-state index in [2.05, 4.69) is 6.92 Å². The van der Waals surface area contributed by atoms with E-state index in [4.69, 9.17) is 9.47 Å². The highest BCUT2D eigenvalue weighted by atomic mass is 16.5. The lowest BCUT2D eigenvalue weighted by Crippen LogP contribution is -2.66. The minimum Gasteiger partial charge on any atom is -0.497 e. The predicted octanol–water partition coefficient (Wildman–Crippen LogP) is 4.19. The fourth-order valence-corrected chi connectivity index (χ4v) is 3.22. The largest absolute Gasteiger partial charge is 0.497 e. The van der Waals surface area contributed by atoms with Crippen LogP contribution in [0, 0.1) is 0 Å². The van der Waals surface area contributed by atoms with Gasteiger partial charge >= 0.3 is 0 Å². The molecule has 4 nitrogen and oxygen atoms in total. The van der Waals surface area contributed by atoms with E-state index in [1.165, 1.54) is 0 Å². The van der Waals surface area contributed by atoms with E-state index in [1.54, 1.807) is 7.11 Å². The zero-order chi connectivity index (χ0) is 17.6. The Morgan fingerprint density at radius 2 is 1.76 bits per heavy atom. The molecular weight excluding hydrogens is 314 g/mol. The first-order chi connectivity index (χ1) is 12.2. The van der Waals surface area contributed by atoms with Crippen LogP contribution < -0.4 is 9.64 Å². The summed E-state index contributed by atoms with van der Waals surface area (Å²) in [7, 11) is 1.64. The van der Waals surface area contributed by atoms with Gasteiger partial charge in [-0.2, -0.15) is 0 Å². The summed E-state index contributed by atoms with van der Waals surface area (Å²) in [6.45, 7) is 2.63. The van der Waals surface area contributed by atoms with Gasteiger partial charge in [-0.25, -0.2) is 0 Å². The van der Waals surface area contributed by atoms with Crippen LogP contribution in [0.1, 0.15) is 31.7 Å². The lowest BCUT2D eigenvalue weighted by molar-refractivity contribution is -0.143. The molecule has 2 atom stereocenters. The molecular formula is C21H25NO3. The Bertz CT molecular complexity index is 684. The minimum atomic E-state index is -0.353. The van der Waals surface area contributed by atoms with Crippen LogP contribution in [0.2, 0.25) is 0 Å². The summed E-state index contributed by atoms with van der Waals surface area (Å²) in [5.41, 5.74) is 2.00. The van der Waals surface area contributed by atoms with Gasteiger partial charge in [0.05, 0.1) is 19.8 Å². The van der Waals surface area contributed by atoms with Crippen molar-refractivity contribution in [1.29, 1.82) is 0 Å². The molecule has 2 aromatic rings. The Morgan fingerprint density at radius 1 is 1.04 bits per heavy atom. The first kappa shape index (κ1) is 17.5. The fourth-order valence-electron chi connectivity index (χ4n) is 3.22. The van der Waals surface area contributed by atoms with Gasteiger partial charge in [0, 0.05) is 5.69 Å². The van der Waals surface area contributed by atoms with Gasteiger partial charge in [0.15, 0.2) is 6.10 Å². The third-order valence-electron chi connectivity index (χ3n) is 4.64. The highest BCUT2D eigenvalue weighted by Crippen LogP contribution is 2.34. The number of benzene rings is 2. The number of methoxy groups -OCH3 is 1. The van der Waals surface area contributed by atoms with Crippen molar-refractivity contribution in [3.63, 3.8) is 0 Å². The molecule has 3 rings (SSSR count). The molecule has 25 heavy (non-hydrogen) atoms. The summed E-state index contributed by atoms with van der Waals surface area (Å²) < 4.78 is 11.2. The van der Waals surface area contributed by atoms with Crippen molar-refractivity contribution in [3.8, 4) is 5.75 Å². The van der Waals surface area contributed by atoms with Crippen molar-refractivity contribution in [2.24, 2.45) is 0 Å². The van der Waals surface area contributed by atoms with E-state index >= 15 is 0 Å². The average Bonchev–Trinajstić information content (AvgIpc) is 2.66. The molecule has 1 aliphatic heterocycles. The molecule has 1 aliphatic rings. The second-order valence-corrected chi connectivity index (χ2v) is 6.33. The van der Waals surface area contributed by atoms with Crippen LogP contribution in [0.3, 0.4) is 0 Å². The lowest BCUT2D eigenvalue weighted by Gasteiger charge is -2.46. The maximum absolute atomic E-state index is 12.7. The summed E-state index contributed by atoms with van der Waals surface area (Å²) in [5, 5.41) is 0. The number of carbonyl (C=O) groups excluding carboxylic acids is 1. The second-order valence-electron chi connectivity index (χ2n) is 6.33. The van der Waals surface area contributed by atoms with Gasteiger partial charge in [-0.15, -0.1) is 0 Å². The van der Waals surface area contributed by atoms with Crippen LogP contribution in [0.4, 0.5) is 5.69 Å². The maximum Gasteiger partial charge on any atom is 0.258 e. The Balaban J connectivity index is 1.69. The number of rotatable bonds is 8. The van der Waals surface area contributed by atoms with Crippen molar-refractivity contribution in [3.05, 3.63) is 60.2 Å². The molecule has 2 aromatic carbocycles. The Hall–Kier alpha value is -2.33. The zero-order valence-electron chi connectivity index (χ0n) is 14.9. The molecule has 0 radical (unpaired) electrons. The van der Waals surface area contributed by atoms with E-state index < -0.39 is 0 Å². The molecule has 0 spiro atoms. The van der Waals surface area contributed by atoms with Gasteiger partial charge in [-0.05, 0) is 36.2 Å². The molecule has 132 valence electrons. The number of β-lactam (4-membered cyclic amide) rings is 1. The van der Waals surface area contributed by atoms with Crippen LogP contribution >= 0.6 is 0 Å². The summed E-state index contributed by atoms with van der Waals surface area (Å²) in [4.78, 5) is 14.5. The van der Waals surface area contributed by atoms with E-state index in [9.17, 15) is 4.79 Å². The molecule has 4 heteroatoms. The number of ether oxygens (including phenoxy) is 2. The van der Waals surface area contributed by atoms with E-state index in [-0.39, 0.29) is 18.1 Å². The molecule has 0 bridgehead atoms. The van der Waals surface area contributed by atoms with Gasteiger partial charge < -0.3 is 14.4 Å². The van der Waals surface area contributed by atoms with Gasteiger partial charge in [-0.3, -0.25) is 4.79 Å². The third-order valence-corrected chi connectivity index (χ3v) is 4.64. The highest BCUT2D eigenvalue weighted by Gasteiger charge is 2.48. The van der Waals surface area contributed by atoms with Gasteiger partial charge in [0.25, 0.3) is 5.91 Å². The summed E-state index contributed by atoms with van der Waals surface area (Å²) in [6, 6.07) is 17.7. The van der Waals surface area contributed by atoms with E-state index in [0.717, 1.165) is 36.3 Å².